The number of aryl methyl sites for hydroxylation is 1. The maximum Gasteiger partial charge on any atom is 0.0297 e. The predicted molar refractivity (Wildman–Crippen MR) is 69.0 cm³/mol. The van der Waals surface area contributed by atoms with Crippen molar-refractivity contribution in [3.8, 4) is 11.3 Å². The maximum atomic E-state index is 5.61. The molecule has 2 N–H and O–H groups in total. The fourth-order valence-corrected chi connectivity index (χ4v) is 1.70. The standard InChI is InChI=1S/C15H15N2.Ir/c1-2-5-14-8-4-9-15(17-14)13-7-3-6-12(10-13)11-16;/h1,3-4,6-9H,2,5,11,16H2;/q-1;. The van der Waals surface area contributed by atoms with E-state index in [1.165, 1.54) is 0 Å². The summed E-state index contributed by atoms with van der Waals surface area (Å²) in [5.41, 5.74) is 9.51. The quantitative estimate of drug-likeness (QED) is 0.780. The summed E-state index contributed by atoms with van der Waals surface area (Å²) in [6.45, 7) is 6.03. The molecule has 18 heavy (non-hydrogen) atoms. The van der Waals surface area contributed by atoms with E-state index < -0.39 is 0 Å². The molecule has 2 aromatic rings. The zero-order chi connectivity index (χ0) is 12.1. The maximum absolute atomic E-state index is 5.61. The van der Waals surface area contributed by atoms with Gasteiger partial charge in [-0.15, -0.1) is 35.4 Å². The number of benzene rings is 1. The minimum absolute atomic E-state index is 0. The molecule has 0 unspecified atom stereocenters. The van der Waals surface area contributed by atoms with Crippen LogP contribution >= 0.6 is 0 Å². The van der Waals surface area contributed by atoms with Crippen LogP contribution in [-0.4, -0.2) is 4.98 Å². The zero-order valence-electron chi connectivity index (χ0n) is 10.0. The average molecular weight is 416 g/mol. The largest absolute Gasteiger partial charge is 0.328 e. The molecule has 1 aromatic heterocycles. The molecule has 0 aliphatic carbocycles. The zero-order valence-corrected chi connectivity index (χ0v) is 12.4. The second-order valence-corrected chi connectivity index (χ2v) is 3.85. The second-order valence-electron chi connectivity index (χ2n) is 3.85. The van der Waals surface area contributed by atoms with Crippen LogP contribution in [-0.2, 0) is 33.1 Å². The van der Waals surface area contributed by atoms with E-state index in [1.807, 2.05) is 36.4 Å². The minimum atomic E-state index is 0. The van der Waals surface area contributed by atoms with Gasteiger partial charge in [0.2, 0.25) is 0 Å². The molecule has 0 fully saturated rings. The van der Waals surface area contributed by atoms with Gasteiger partial charge in [0.05, 0.1) is 0 Å². The van der Waals surface area contributed by atoms with Crippen LogP contribution in [0, 0.1) is 13.0 Å². The number of aromatic nitrogens is 1. The molecular formula is C15H15IrN2-. The van der Waals surface area contributed by atoms with Crippen molar-refractivity contribution in [3.05, 3.63) is 60.6 Å². The Hall–Kier alpha value is -1.02. The summed E-state index contributed by atoms with van der Waals surface area (Å²) >= 11 is 0. The van der Waals surface area contributed by atoms with Crippen molar-refractivity contribution in [2.75, 3.05) is 0 Å². The number of nitrogens with zero attached hydrogens (tertiary/aromatic N) is 1. The van der Waals surface area contributed by atoms with Gasteiger partial charge in [0, 0.05) is 32.3 Å². The Balaban J connectivity index is 0.00000162. The van der Waals surface area contributed by atoms with Gasteiger partial charge >= 0.3 is 0 Å². The Bertz CT molecular complexity index is 497. The SMILES string of the molecule is [CH]CCc1cccc(-c2[c-]c(CN)ccc2)n1.[Ir]. The van der Waals surface area contributed by atoms with Gasteiger partial charge in [0.1, 0.15) is 0 Å². The molecule has 2 rings (SSSR count). The van der Waals surface area contributed by atoms with E-state index in [1.54, 1.807) is 0 Å². The summed E-state index contributed by atoms with van der Waals surface area (Å²) < 4.78 is 0. The number of nitrogens with two attached hydrogens (primary N) is 1. The fourth-order valence-electron chi connectivity index (χ4n) is 1.70. The summed E-state index contributed by atoms with van der Waals surface area (Å²) in [5.74, 6) is 0. The summed E-state index contributed by atoms with van der Waals surface area (Å²) in [6, 6.07) is 15.2. The van der Waals surface area contributed by atoms with Gasteiger partial charge in [0.15, 0.2) is 0 Å². The third kappa shape index (κ3) is 3.74. The molecule has 3 heteroatoms. The molecule has 0 spiro atoms. The summed E-state index contributed by atoms with van der Waals surface area (Å²) in [7, 11) is 0. The van der Waals surface area contributed by atoms with Crippen LogP contribution in [0.1, 0.15) is 17.7 Å². The Labute approximate surface area is 122 Å². The molecule has 95 valence electrons. The third-order valence-corrected chi connectivity index (χ3v) is 2.56. The van der Waals surface area contributed by atoms with Gasteiger partial charge < -0.3 is 10.7 Å². The average Bonchev–Trinajstić information content (AvgIpc) is 2.40. The van der Waals surface area contributed by atoms with Crippen LogP contribution in [0.5, 0.6) is 0 Å². The topological polar surface area (TPSA) is 38.9 Å². The number of hydrogen-bond donors (Lipinski definition) is 1. The van der Waals surface area contributed by atoms with E-state index in [-0.39, 0.29) is 20.1 Å². The monoisotopic (exact) mass is 416 g/mol. The molecule has 1 aromatic carbocycles. The second kappa shape index (κ2) is 7.42. The smallest absolute Gasteiger partial charge is 0.0297 e. The first kappa shape index (κ1) is 15.0. The molecule has 0 saturated heterocycles. The third-order valence-electron chi connectivity index (χ3n) is 2.56. The molecule has 0 atom stereocenters. The summed E-state index contributed by atoms with van der Waals surface area (Å²) in [5, 5.41) is 0. The Morgan fingerprint density at radius 3 is 2.67 bits per heavy atom. The molecule has 3 radical (unpaired) electrons. The fraction of sp³-hybridized carbons (Fsp3) is 0.200. The van der Waals surface area contributed by atoms with Crippen molar-refractivity contribution < 1.29 is 20.1 Å². The molecule has 0 aliphatic heterocycles. The van der Waals surface area contributed by atoms with E-state index in [9.17, 15) is 0 Å². The molecule has 2 nitrogen and oxygen atoms in total. The first-order chi connectivity index (χ1) is 8.33. The van der Waals surface area contributed by atoms with E-state index >= 15 is 0 Å². The minimum Gasteiger partial charge on any atom is -0.328 e. The Morgan fingerprint density at radius 2 is 1.94 bits per heavy atom. The van der Waals surface area contributed by atoms with Crippen molar-refractivity contribution in [3.63, 3.8) is 0 Å². The van der Waals surface area contributed by atoms with Gasteiger partial charge in [-0.05, 0) is 31.5 Å². The first-order valence-electron chi connectivity index (χ1n) is 5.71. The van der Waals surface area contributed by atoms with Gasteiger partial charge in [-0.3, -0.25) is 0 Å². The number of rotatable bonds is 4. The van der Waals surface area contributed by atoms with Crippen molar-refractivity contribution >= 4 is 0 Å². The van der Waals surface area contributed by atoms with Gasteiger partial charge in [-0.25, -0.2) is 0 Å². The van der Waals surface area contributed by atoms with Crippen LogP contribution in [0.4, 0.5) is 0 Å². The molecule has 1 heterocycles. The predicted octanol–water partition coefficient (Wildman–Crippen LogP) is 2.65. The van der Waals surface area contributed by atoms with E-state index in [0.717, 1.165) is 28.9 Å². The summed E-state index contributed by atoms with van der Waals surface area (Å²) in [4.78, 5) is 4.56. The first-order valence-corrected chi connectivity index (χ1v) is 5.71. The van der Waals surface area contributed by atoms with Crippen molar-refractivity contribution in [1.29, 1.82) is 0 Å². The molecular weight excluding hydrogens is 400 g/mol. The van der Waals surface area contributed by atoms with Gasteiger partial charge in [0.25, 0.3) is 0 Å². The van der Waals surface area contributed by atoms with E-state index in [0.29, 0.717) is 13.0 Å². The molecule has 0 aliphatic rings. The van der Waals surface area contributed by atoms with E-state index in [2.05, 4.69) is 11.1 Å². The summed E-state index contributed by atoms with van der Waals surface area (Å²) in [6.07, 6.45) is 1.41. The van der Waals surface area contributed by atoms with Crippen molar-refractivity contribution in [2.24, 2.45) is 5.73 Å². The van der Waals surface area contributed by atoms with Crippen LogP contribution in [0.25, 0.3) is 11.3 Å². The van der Waals surface area contributed by atoms with Crippen LogP contribution in [0.15, 0.2) is 36.4 Å². The normalized spacial score (nSPS) is 9.89. The van der Waals surface area contributed by atoms with Crippen LogP contribution < -0.4 is 5.73 Å². The Morgan fingerprint density at radius 1 is 1.17 bits per heavy atom. The Kier molecular flexibility index (Phi) is 6.20. The number of pyridine rings is 1. The van der Waals surface area contributed by atoms with Gasteiger partial charge in [-0.1, -0.05) is 12.1 Å². The molecule has 0 bridgehead atoms. The van der Waals surface area contributed by atoms with Gasteiger partial charge in [-0.2, -0.15) is 0 Å². The van der Waals surface area contributed by atoms with Crippen molar-refractivity contribution in [2.45, 2.75) is 19.4 Å². The van der Waals surface area contributed by atoms with Crippen LogP contribution in [0.3, 0.4) is 0 Å². The molecule has 0 saturated carbocycles. The van der Waals surface area contributed by atoms with E-state index in [4.69, 9.17) is 12.7 Å². The molecule has 0 amide bonds. The van der Waals surface area contributed by atoms with Crippen LogP contribution in [0.2, 0.25) is 0 Å². The van der Waals surface area contributed by atoms with Crippen molar-refractivity contribution in [1.82, 2.24) is 4.98 Å². The number of hydrogen-bond acceptors (Lipinski definition) is 2.